The van der Waals surface area contributed by atoms with E-state index >= 15 is 0 Å². The molecular weight excluding hydrogens is 382 g/mol. The maximum absolute atomic E-state index is 12.6. The van der Waals surface area contributed by atoms with Gasteiger partial charge in [-0.15, -0.1) is 0 Å². The molecule has 0 atom stereocenters. The van der Waals surface area contributed by atoms with Gasteiger partial charge in [-0.05, 0) is 85.6 Å². The lowest BCUT2D eigenvalue weighted by atomic mass is 10.1. The lowest BCUT2D eigenvalue weighted by Gasteiger charge is -2.11. The first kappa shape index (κ1) is 19.0. The molecule has 1 amide bonds. The topological polar surface area (TPSA) is 54.0 Å². The van der Waals surface area contributed by atoms with Crippen LogP contribution in [-0.4, -0.2) is 10.9 Å². The smallest absolute Gasteiger partial charge is 0.255 e. The van der Waals surface area contributed by atoms with E-state index in [0.717, 1.165) is 39.1 Å². The average Bonchev–Trinajstić information content (AvgIpc) is 2.67. The number of fused-ring (bicyclic) bond motifs is 1. The molecule has 0 radical (unpaired) electrons. The monoisotopic (exact) mass is 401 g/mol. The third kappa shape index (κ3) is 4.39. The molecule has 0 saturated heterocycles. The molecule has 0 saturated carbocycles. The Morgan fingerprint density at radius 1 is 0.862 bits per heavy atom. The number of aryl methyl sites for hydroxylation is 2. The Bertz CT molecular complexity index is 1180. The first-order valence-corrected chi connectivity index (χ1v) is 9.67. The number of carbonyl (C=O) groups excluding carboxylic acids is 1. The van der Waals surface area contributed by atoms with Crippen LogP contribution in [0.3, 0.4) is 0 Å². The van der Waals surface area contributed by atoms with Gasteiger partial charge in [0, 0.05) is 39.2 Å². The first-order chi connectivity index (χ1) is 14.0. The van der Waals surface area contributed by atoms with Crippen molar-refractivity contribution in [1.29, 1.82) is 0 Å². The minimum absolute atomic E-state index is 0.134. The largest absolute Gasteiger partial charge is 0.355 e. The summed E-state index contributed by atoms with van der Waals surface area (Å²) in [5, 5.41) is 7.97. The van der Waals surface area contributed by atoms with E-state index in [1.54, 1.807) is 18.3 Å². The highest BCUT2D eigenvalue weighted by Gasteiger charge is 2.08. The number of nitrogens with zero attached hydrogens (tertiary/aromatic N) is 1. The van der Waals surface area contributed by atoms with Gasteiger partial charge >= 0.3 is 0 Å². The maximum atomic E-state index is 12.6. The molecule has 3 aromatic carbocycles. The van der Waals surface area contributed by atoms with Gasteiger partial charge in [-0.1, -0.05) is 17.7 Å². The normalized spacial score (nSPS) is 10.7. The van der Waals surface area contributed by atoms with Crippen LogP contribution in [0, 0.1) is 13.8 Å². The highest BCUT2D eigenvalue weighted by atomic mass is 35.5. The van der Waals surface area contributed by atoms with Crippen molar-refractivity contribution in [3.05, 3.63) is 94.6 Å². The van der Waals surface area contributed by atoms with E-state index in [1.165, 1.54) is 0 Å². The number of carbonyl (C=O) groups is 1. The van der Waals surface area contributed by atoms with E-state index in [0.29, 0.717) is 10.6 Å². The summed E-state index contributed by atoms with van der Waals surface area (Å²) in [4.78, 5) is 16.9. The van der Waals surface area contributed by atoms with Crippen LogP contribution >= 0.6 is 11.6 Å². The van der Waals surface area contributed by atoms with Crippen LogP contribution in [0.1, 0.15) is 21.5 Å². The van der Waals surface area contributed by atoms with Crippen LogP contribution < -0.4 is 10.6 Å². The minimum atomic E-state index is -0.134. The van der Waals surface area contributed by atoms with E-state index in [-0.39, 0.29) is 5.91 Å². The zero-order valence-corrected chi connectivity index (χ0v) is 16.9. The van der Waals surface area contributed by atoms with Crippen molar-refractivity contribution in [3.63, 3.8) is 0 Å². The number of benzene rings is 3. The van der Waals surface area contributed by atoms with Crippen LogP contribution in [0.5, 0.6) is 0 Å². The highest BCUT2D eigenvalue weighted by Crippen LogP contribution is 2.27. The van der Waals surface area contributed by atoms with Gasteiger partial charge in [-0.25, -0.2) is 0 Å². The molecule has 144 valence electrons. The fourth-order valence-corrected chi connectivity index (χ4v) is 3.51. The second-order valence-electron chi connectivity index (χ2n) is 7.05. The molecule has 1 heterocycles. The van der Waals surface area contributed by atoms with E-state index in [2.05, 4.69) is 21.7 Å². The number of hydrogen-bond acceptors (Lipinski definition) is 3. The molecule has 0 aliphatic heterocycles. The summed E-state index contributed by atoms with van der Waals surface area (Å²) < 4.78 is 0. The number of pyridine rings is 1. The standard InChI is InChI=1S/C24H20ClN3O/c1-15-11-16(2)13-20(12-15)28-24(29)17-3-6-19(7-4-17)27-22-9-10-26-23-14-18(25)5-8-21(22)23/h3-14H,1-2H3,(H,26,27)(H,28,29). The molecule has 1 aromatic heterocycles. The SMILES string of the molecule is Cc1cc(C)cc(NC(=O)c2ccc(Nc3ccnc4cc(Cl)ccc34)cc2)c1. The number of rotatable bonds is 4. The lowest BCUT2D eigenvalue weighted by Crippen LogP contribution is -2.12. The lowest BCUT2D eigenvalue weighted by molar-refractivity contribution is 0.102. The average molecular weight is 402 g/mol. The molecule has 0 aliphatic carbocycles. The van der Waals surface area contributed by atoms with Gasteiger partial charge in [0.15, 0.2) is 0 Å². The zero-order valence-electron chi connectivity index (χ0n) is 16.2. The van der Waals surface area contributed by atoms with Gasteiger partial charge in [0.2, 0.25) is 0 Å². The van der Waals surface area contributed by atoms with Crippen molar-refractivity contribution in [2.75, 3.05) is 10.6 Å². The molecule has 0 bridgehead atoms. The van der Waals surface area contributed by atoms with Gasteiger partial charge in [0.05, 0.1) is 5.52 Å². The van der Waals surface area contributed by atoms with Crippen molar-refractivity contribution < 1.29 is 4.79 Å². The molecule has 0 aliphatic rings. The van der Waals surface area contributed by atoms with Gasteiger partial charge in [-0.2, -0.15) is 0 Å². The molecule has 29 heavy (non-hydrogen) atoms. The van der Waals surface area contributed by atoms with Crippen LogP contribution in [-0.2, 0) is 0 Å². The Morgan fingerprint density at radius 2 is 1.59 bits per heavy atom. The second kappa shape index (κ2) is 7.94. The third-order valence-electron chi connectivity index (χ3n) is 4.61. The van der Waals surface area contributed by atoms with Crippen molar-refractivity contribution in [2.45, 2.75) is 13.8 Å². The van der Waals surface area contributed by atoms with Gasteiger partial charge in [-0.3, -0.25) is 9.78 Å². The highest BCUT2D eigenvalue weighted by molar-refractivity contribution is 6.31. The second-order valence-corrected chi connectivity index (χ2v) is 7.49. The first-order valence-electron chi connectivity index (χ1n) is 9.29. The van der Waals surface area contributed by atoms with E-state index in [4.69, 9.17) is 11.6 Å². The fourth-order valence-electron chi connectivity index (χ4n) is 3.34. The summed E-state index contributed by atoms with van der Waals surface area (Å²) >= 11 is 6.06. The summed E-state index contributed by atoms with van der Waals surface area (Å²) in [6, 6.07) is 20.9. The number of anilines is 3. The minimum Gasteiger partial charge on any atom is -0.355 e. The summed E-state index contributed by atoms with van der Waals surface area (Å²) in [7, 11) is 0. The maximum Gasteiger partial charge on any atom is 0.255 e. The van der Waals surface area contributed by atoms with Crippen LogP contribution in [0.15, 0.2) is 72.9 Å². The summed E-state index contributed by atoms with van der Waals surface area (Å²) in [5.41, 5.74) is 6.27. The zero-order chi connectivity index (χ0) is 20.4. The van der Waals surface area contributed by atoms with Crippen molar-refractivity contribution >= 4 is 45.5 Å². The van der Waals surface area contributed by atoms with Gasteiger partial charge < -0.3 is 10.6 Å². The molecule has 2 N–H and O–H groups in total. The Hall–Kier alpha value is -3.37. The summed E-state index contributed by atoms with van der Waals surface area (Å²) in [5.74, 6) is -0.134. The molecule has 4 nitrogen and oxygen atoms in total. The molecule has 0 unspecified atom stereocenters. The Morgan fingerprint density at radius 3 is 2.31 bits per heavy atom. The van der Waals surface area contributed by atoms with E-state index in [9.17, 15) is 4.79 Å². The predicted molar refractivity (Wildman–Crippen MR) is 120 cm³/mol. The van der Waals surface area contributed by atoms with Gasteiger partial charge in [0.25, 0.3) is 5.91 Å². The molecule has 4 rings (SSSR count). The van der Waals surface area contributed by atoms with E-state index < -0.39 is 0 Å². The predicted octanol–water partition coefficient (Wildman–Crippen LogP) is 6.50. The van der Waals surface area contributed by atoms with Crippen molar-refractivity contribution in [3.8, 4) is 0 Å². The number of aromatic nitrogens is 1. The van der Waals surface area contributed by atoms with Gasteiger partial charge in [0.1, 0.15) is 0 Å². The number of amides is 1. The van der Waals surface area contributed by atoms with Crippen molar-refractivity contribution in [1.82, 2.24) is 4.98 Å². The molecular formula is C24H20ClN3O. The number of halogens is 1. The quantitative estimate of drug-likeness (QED) is 0.410. The van der Waals surface area contributed by atoms with Crippen LogP contribution in [0.4, 0.5) is 17.1 Å². The third-order valence-corrected chi connectivity index (χ3v) is 4.85. The fraction of sp³-hybridized carbons (Fsp3) is 0.0833. The molecule has 0 fully saturated rings. The van der Waals surface area contributed by atoms with Crippen LogP contribution in [0.25, 0.3) is 10.9 Å². The molecule has 0 spiro atoms. The Labute approximate surface area is 174 Å². The summed E-state index contributed by atoms with van der Waals surface area (Å²) in [6.45, 7) is 4.03. The van der Waals surface area contributed by atoms with Crippen molar-refractivity contribution in [2.24, 2.45) is 0 Å². The summed E-state index contributed by atoms with van der Waals surface area (Å²) in [6.07, 6.45) is 1.74. The molecule has 5 heteroatoms. The van der Waals surface area contributed by atoms with Crippen LogP contribution in [0.2, 0.25) is 5.02 Å². The Balaban J connectivity index is 1.51. The van der Waals surface area contributed by atoms with E-state index in [1.807, 2.05) is 62.4 Å². The molecule has 4 aromatic rings. The Kier molecular flexibility index (Phi) is 5.19. The number of hydrogen-bond donors (Lipinski definition) is 2. The number of nitrogens with one attached hydrogen (secondary N) is 2.